The molecule has 1 atom stereocenters. The molecule has 1 saturated heterocycles. The fourth-order valence-corrected chi connectivity index (χ4v) is 1.82. The van der Waals surface area contributed by atoms with Crippen molar-refractivity contribution in [2.45, 2.75) is 25.9 Å². The Morgan fingerprint density at radius 3 is 3.07 bits per heavy atom. The molecule has 4 nitrogen and oxygen atoms in total. The molecular weight excluding hydrogens is 190 g/mol. The molecule has 1 unspecified atom stereocenters. The molecule has 2 N–H and O–H groups in total. The van der Waals surface area contributed by atoms with E-state index >= 15 is 0 Å². The van der Waals surface area contributed by atoms with E-state index in [1.807, 2.05) is 19.1 Å². The van der Waals surface area contributed by atoms with Crippen LogP contribution in [0.25, 0.3) is 0 Å². The molecule has 2 rings (SSSR count). The minimum absolute atomic E-state index is 0.0125. The molecule has 1 aliphatic heterocycles. The molecule has 15 heavy (non-hydrogen) atoms. The van der Waals surface area contributed by atoms with Gasteiger partial charge in [-0.3, -0.25) is 9.78 Å². The summed E-state index contributed by atoms with van der Waals surface area (Å²) < 4.78 is 0. The van der Waals surface area contributed by atoms with Gasteiger partial charge in [0.25, 0.3) is 0 Å². The highest BCUT2D eigenvalue weighted by Crippen LogP contribution is 2.14. The van der Waals surface area contributed by atoms with Crippen LogP contribution in [0.5, 0.6) is 0 Å². The van der Waals surface area contributed by atoms with Crippen LogP contribution in [0.4, 0.5) is 0 Å². The molecule has 0 spiro atoms. The second-order valence-corrected chi connectivity index (χ2v) is 4.01. The predicted octanol–water partition coefficient (Wildman–Crippen LogP) is 0.450. The molecule has 0 aliphatic carbocycles. The summed E-state index contributed by atoms with van der Waals surface area (Å²) in [5, 5.41) is 0. The lowest BCUT2D eigenvalue weighted by molar-refractivity contribution is -0.128. The zero-order valence-electron chi connectivity index (χ0n) is 8.81. The van der Waals surface area contributed by atoms with E-state index in [0.29, 0.717) is 19.5 Å². The maximum atomic E-state index is 11.5. The largest absolute Gasteiger partial charge is 0.335 e. The van der Waals surface area contributed by atoms with Crippen LogP contribution >= 0.6 is 0 Å². The topological polar surface area (TPSA) is 59.2 Å². The molecule has 1 aromatic rings. The van der Waals surface area contributed by atoms with Crippen molar-refractivity contribution in [3.05, 3.63) is 29.6 Å². The first-order chi connectivity index (χ1) is 7.16. The monoisotopic (exact) mass is 205 g/mol. The summed E-state index contributed by atoms with van der Waals surface area (Å²) in [6, 6.07) is 3.89. The van der Waals surface area contributed by atoms with Gasteiger partial charge in [0, 0.05) is 25.2 Å². The maximum absolute atomic E-state index is 11.5. The summed E-state index contributed by atoms with van der Waals surface area (Å²) in [6.07, 6.45) is 2.22. The molecule has 1 fully saturated rings. The van der Waals surface area contributed by atoms with Gasteiger partial charge in [-0.15, -0.1) is 0 Å². The number of hydrogen-bond acceptors (Lipinski definition) is 3. The van der Waals surface area contributed by atoms with Crippen molar-refractivity contribution in [3.8, 4) is 0 Å². The quantitative estimate of drug-likeness (QED) is 0.762. The number of likely N-dealkylation sites (tertiary alicyclic amines) is 1. The smallest absolute Gasteiger partial charge is 0.224 e. The molecule has 4 heteroatoms. The van der Waals surface area contributed by atoms with E-state index in [1.54, 1.807) is 11.1 Å². The molecule has 0 aromatic carbocycles. The van der Waals surface area contributed by atoms with Crippen molar-refractivity contribution < 1.29 is 4.79 Å². The number of hydrogen-bond donors (Lipinski definition) is 1. The van der Waals surface area contributed by atoms with Crippen LogP contribution in [0.2, 0.25) is 0 Å². The molecule has 0 bridgehead atoms. The summed E-state index contributed by atoms with van der Waals surface area (Å²) in [4.78, 5) is 17.6. The van der Waals surface area contributed by atoms with E-state index in [4.69, 9.17) is 5.73 Å². The van der Waals surface area contributed by atoms with Crippen LogP contribution in [0.15, 0.2) is 18.3 Å². The Morgan fingerprint density at radius 2 is 2.47 bits per heavy atom. The zero-order chi connectivity index (χ0) is 10.8. The van der Waals surface area contributed by atoms with Crippen LogP contribution in [0.3, 0.4) is 0 Å². The van der Waals surface area contributed by atoms with Crippen LogP contribution in [-0.4, -0.2) is 28.4 Å². The molecule has 0 radical (unpaired) electrons. The Morgan fingerprint density at radius 1 is 1.67 bits per heavy atom. The number of pyridine rings is 1. The highest BCUT2D eigenvalue weighted by molar-refractivity contribution is 5.79. The first kappa shape index (κ1) is 10.1. The summed E-state index contributed by atoms with van der Waals surface area (Å²) in [7, 11) is 0. The van der Waals surface area contributed by atoms with E-state index in [2.05, 4.69) is 4.98 Å². The number of aryl methyl sites for hydroxylation is 1. The third kappa shape index (κ3) is 2.15. The van der Waals surface area contributed by atoms with Gasteiger partial charge in [0.05, 0.1) is 12.2 Å². The van der Waals surface area contributed by atoms with Crippen molar-refractivity contribution in [1.82, 2.24) is 9.88 Å². The Bertz CT molecular complexity index is 378. The average Bonchev–Trinajstić information content (AvgIpc) is 2.49. The summed E-state index contributed by atoms with van der Waals surface area (Å²) in [6.45, 7) is 3.23. The van der Waals surface area contributed by atoms with Gasteiger partial charge >= 0.3 is 0 Å². The third-order valence-corrected chi connectivity index (χ3v) is 2.70. The minimum atomic E-state index is -0.0125. The van der Waals surface area contributed by atoms with Gasteiger partial charge in [-0.25, -0.2) is 0 Å². The summed E-state index contributed by atoms with van der Waals surface area (Å²) in [5.74, 6) is 0.132. The van der Waals surface area contributed by atoms with Gasteiger partial charge in [0.15, 0.2) is 0 Å². The highest BCUT2D eigenvalue weighted by atomic mass is 16.2. The number of carbonyl (C=O) groups is 1. The number of aromatic nitrogens is 1. The predicted molar refractivity (Wildman–Crippen MR) is 57.0 cm³/mol. The minimum Gasteiger partial charge on any atom is -0.335 e. The lowest BCUT2D eigenvalue weighted by atomic mass is 10.2. The number of carbonyl (C=O) groups excluding carboxylic acids is 1. The van der Waals surface area contributed by atoms with E-state index in [9.17, 15) is 4.79 Å². The van der Waals surface area contributed by atoms with Gasteiger partial charge in [0.2, 0.25) is 5.91 Å². The van der Waals surface area contributed by atoms with Gasteiger partial charge in [-0.1, -0.05) is 6.07 Å². The molecule has 1 amide bonds. The molecule has 0 saturated carbocycles. The van der Waals surface area contributed by atoms with Gasteiger partial charge in [0.1, 0.15) is 0 Å². The summed E-state index contributed by atoms with van der Waals surface area (Å²) in [5.41, 5.74) is 7.80. The van der Waals surface area contributed by atoms with E-state index in [-0.39, 0.29) is 11.9 Å². The summed E-state index contributed by atoms with van der Waals surface area (Å²) >= 11 is 0. The van der Waals surface area contributed by atoms with Crippen molar-refractivity contribution in [2.24, 2.45) is 5.73 Å². The standard InChI is InChI=1S/C11H15N3O/c1-8-3-2-4-13-10(8)7-14-6-9(12)5-11(14)15/h2-4,9H,5-7,12H2,1H3. The molecule has 1 aromatic heterocycles. The Labute approximate surface area is 89.1 Å². The van der Waals surface area contributed by atoms with Gasteiger partial charge < -0.3 is 10.6 Å². The molecule has 2 heterocycles. The average molecular weight is 205 g/mol. The van der Waals surface area contributed by atoms with Gasteiger partial charge in [-0.05, 0) is 18.6 Å². The number of amides is 1. The van der Waals surface area contributed by atoms with Crippen molar-refractivity contribution in [3.63, 3.8) is 0 Å². The number of nitrogens with zero attached hydrogens (tertiary/aromatic N) is 2. The highest BCUT2D eigenvalue weighted by Gasteiger charge is 2.27. The number of rotatable bonds is 2. The fraction of sp³-hybridized carbons (Fsp3) is 0.455. The van der Waals surface area contributed by atoms with Crippen molar-refractivity contribution in [1.29, 1.82) is 0 Å². The Kier molecular flexibility index (Phi) is 2.68. The van der Waals surface area contributed by atoms with Gasteiger partial charge in [-0.2, -0.15) is 0 Å². The lowest BCUT2D eigenvalue weighted by Gasteiger charge is -2.16. The van der Waals surface area contributed by atoms with Crippen LogP contribution in [0.1, 0.15) is 17.7 Å². The van der Waals surface area contributed by atoms with E-state index in [1.165, 1.54) is 0 Å². The maximum Gasteiger partial charge on any atom is 0.224 e. The Hall–Kier alpha value is -1.42. The normalized spacial score (nSPS) is 21.1. The molecule has 80 valence electrons. The third-order valence-electron chi connectivity index (χ3n) is 2.70. The van der Waals surface area contributed by atoms with Crippen LogP contribution in [-0.2, 0) is 11.3 Å². The SMILES string of the molecule is Cc1cccnc1CN1CC(N)CC1=O. The fourth-order valence-electron chi connectivity index (χ4n) is 1.82. The molecular formula is C11H15N3O. The zero-order valence-corrected chi connectivity index (χ0v) is 8.81. The Balaban J connectivity index is 2.09. The van der Waals surface area contributed by atoms with E-state index in [0.717, 1.165) is 11.3 Å². The lowest BCUT2D eigenvalue weighted by Crippen LogP contribution is -2.28. The van der Waals surface area contributed by atoms with Crippen molar-refractivity contribution >= 4 is 5.91 Å². The number of nitrogens with two attached hydrogens (primary N) is 1. The second-order valence-electron chi connectivity index (χ2n) is 4.01. The van der Waals surface area contributed by atoms with Crippen molar-refractivity contribution in [2.75, 3.05) is 6.54 Å². The first-order valence-corrected chi connectivity index (χ1v) is 5.10. The van der Waals surface area contributed by atoms with E-state index < -0.39 is 0 Å². The van der Waals surface area contributed by atoms with Crippen LogP contribution in [0, 0.1) is 6.92 Å². The molecule has 1 aliphatic rings. The second kappa shape index (κ2) is 3.98. The van der Waals surface area contributed by atoms with Crippen LogP contribution < -0.4 is 5.73 Å². The first-order valence-electron chi connectivity index (χ1n) is 5.10.